The van der Waals surface area contributed by atoms with Gasteiger partial charge >= 0.3 is 12.3 Å². The van der Waals surface area contributed by atoms with E-state index >= 15 is 0 Å². The van der Waals surface area contributed by atoms with Crippen LogP contribution in [0, 0.1) is 11.7 Å². The Kier molecular flexibility index (Phi) is 13.3. The lowest BCUT2D eigenvalue weighted by atomic mass is 9.94. The number of halogens is 4. The van der Waals surface area contributed by atoms with E-state index in [4.69, 9.17) is 4.74 Å². The van der Waals surface area contributed by atoms with Crippen LogP contribution in [0.3, 0.4) is 0 Å². The summed E-state index contributed by atoms with van der Waals surface area (Å²) in [6.45, 7) is -0.758. The third kappa shape index (κ3) is 9.92. The zero-order valence-electron chi connectivity index (χ0n) is 30.5. The van der Waals surface area contributed by atoms with Gasteiger partial charge in [0.2, 0.25) is 17.4 Å². The molecule has 1 saturated carbocycles. The van der Waals surface area contributed by atoms with E-state index in [-0.39, 0.29) is 48.9 Å². The molecule has 5 rings (SSSR count). The maximum absolute atomic E-state index is 13.8. The molecule has 0 aromatic heterocycles. The second-order valence-corrected chi connectivity index (χ2v) is 14.6. The molecule has 1 saturated heterocycles. The van der Waals surface area contributed by atoms with Crippen molar-refractivity contribution in [2.45, 2.75) is 128 Å². The molecule has 10 nitrogen and oxygen atoms in total. The van der Waals surface area contributed by atoms with Gasteiger partial charge in [-0.3, -0.25) is 24.0 Å². The minimum atomic E-state index is -4.82. The quantitative estimate of drug-likeness (QED) is 0.122. The Hall–Kier alpha value is -4.62. The Labute approximate surface area is 312 Å². The number of rotatable bonds is 18. The zero-order chi connectivity index (χ0) is 39.0. The number of nitrogens with zero attached hydrogens (tertiary/aromatic N) is 2. The predicted octanol–water partition coefficient (Wildman–Crippen LogP) is 7.70. The Bertz CT molecular complexity index is 1720. The van der Waals surface area contributed by atoms with Crippen LogP contribution in [0.4, 0.5) is 28.0 Å². The van der Waals surface area contributed by atoms with Gasteiger partial charge in [-0.2, -0.15) is 13.2 Å². The molecule has 2 atom stereocenters. The van der Waals surface area contributed by atoms with Gasteiger partial charge in [-0.25, -0.2) is 14.1 Å². The fraction of sp³-hybridized carbons (Fsp3) is 0.550. The molecule has 2 aromatic carbocycles. The van der Waals surface area contributed by atoms with Gasteiger partial charge in [0, 0.05) is 55.8 Å². The number of ether oxygens (including phenoxy) is 1. The van der Waals surface area contributed by atoms with Crippen LogP contribution < -0.4 is 5.32 Å². The lowest BCUT2D eigenvalue weighted by Gasteiger charge is -2.31. The first-order valence-corrected chi connectivity index (χ1v) is 18.8. The first kappa shape index (κ1) is 40.6. The summed E-state index contributed by atoms with van der Waals surface area (Å²) in [7, 11) is 0. The lowest BCUT2D eigenvalue weighted by molar-refractivity contribution is -0.187. The summed E-state index contributed by atoms with van der Waals surface area (Å²) in [5, 5.41) is 2.75. The molecule has 292 valence electrons. The summed E-state index contributed by atoms with van der Waals surface area (Å²) in [5.41, 5.74) is -0.197. The number of benzene rings is 2. The van der Waals surface area contributed by atoms with Crippen LogP contribution in [0.5, 0.6) is 0 Å². The number of nitrogens with one attached hydrogen (secondary N) is 1. The summed E-state index contributed by atoms with van der Waals surface area (Å²) in [5.74, 6) is -2.36. The van der Waals surface area contributed by atoms with E-state index in [0.717, 1.165) is 76.8 Å². The number of hydrogen-bond acceptors (Lipinski definition) is 7. The van der Waals surface area contributed by atoms with E-state index < -0.39 is 54.6 Å². The van der Waals surface area contributed by atoms with Gasteiger partial charge in [-0.1, -0.05) is 50.3 Å². The highest BCUT2D eigenvalue weighted by Crippen LogP contribution is 2.46. The molecule has 1 unspecified atom stereocenters. The lowest BCUT2D eigenvalue weighted by Crippen LogP contribution is -2.51. The van der Waals surface area contributed by atoms with Crippen LogP contribution in [0.25, 0.3) is 0 Å². The average Bonchev–Trinajstić information content (AvgIpc) is 3.85. The first-order valence-electron chi connectivity index (χ1n) is 18.8. The summed E-state index contributed by atoms with van der Waals surface area (Å²) in [4.78, 5) is 78.1. The molecule has 0 bridgehead atoms. The van der Waals surface area contributed by atoms with Crippen LogP contribution in [-0.4, -0.2) is 63.9 Å². The van der Waals surface area contributed by atoms with Gasteiger partial charge in [0.1, 0.15) is 30.0 Å². The van der Waals surface area contributed by atoms with Gasteiger partial charge in [-0.15, -0.1) is 0 Å². The summed E-state index contributed by atoms with van der Waals surface area (Å²) in [6.07, 6.45) is 4.26. The second-order valence-electron chi connectivity index (χ2n) is 14.6. The molecule has 4 amide bonds. The number of imide groups is 1. The average molecular weight is 758 g/mol. The molecule has 1 spiro atoms. The van der Waals surface area contributed by atoms with Crippen LogP contribution in [-0.2, 0) is 47.3 Å². The molecule has 14 heteroatoms. The molecule has 2 aromatic rings. The first-order chi connectivity index (χ1) is 25.7. The predicted molar refractivity (Wildman–Crippen MR) is 189 cm³/mol. The number of hydrogen-bond donors (Lipinski definition) is 1. The number of Topliss-reactive ketones (excluding diaryl/α,β-unsaturated/α-hetero) is 2. The third-order valence-corrected chi connectivity index (χ3v) is 10.8. The van der Waals surface area contributed by atoms with E-state index in [0.29, 0.717) is 45.2 Å². The molecular formula is C40H47F4N3O7. The number of anilines is 1. The van der Waals surface area contributed by atoms with Crippen molar-refractivity contribution in [2.24, 2.45) is 5.92 Å². The number of aryl methyl sites for hydroxylation is 1. The molecule has 1 aliphatic heterocycles. The van der Waals surface area contributed by atoms with Crippen LogP contribution in [0.2, 0.25) is 0 Å². The van der Waals surface area contributed by atoms with Crippen LogP contribution in [0.15, 0.2) is 42.5 Å². The molecule has 2 aliphatic carbocycles. The van der Waals surface area contributed by atoms with Crippen LogP contribution in [0.1, 0.15) is 114 Å². The minimum absolute atomic E-state index is 0.00602. The molecular weight excluding hydrogens is 710 g/mol. The van der Waals surface area contributed by atoms with Crippen molar-refractivity contribution in [1.29, 1.82) is 0 Å². The normalized spacial score (nSPS) is 18.9. The Balaban J connectivity index is 1.09. The van der Waals surface area contributed by atoms with Gasteiger partial charge < -0.3 is 15.0 Å². The minimum Gasteiger partial charge on any atom is -0.427 e. The van der Waals surface area contributed by atoms with Crippen molar-refractivity contribution in [1.82, 2.24) is 9.80 Å². The maximum Gasteiger partial charge on any atom is 0.418 e. The van der Waals surface area contributed by atoms with E-state index in [1.807, 2.05) is 0 Å². The van der Waals surface area contributed by atoms with E-state index in [9.17, 15) is 46.3 Å². The second kappa shape index (κ2) is 17.7. The number of carbonyl (C=O) groups excluding carboxylic acids is 6. The van der Waals surface area contributed by atoms with E-state index in [1.165, 1.54) is 24.3 Å². The number of carbonyl (C=O) groups is 6. The van der Waals surface area contributed by atoms with Crippen molar-refractivity contribution >= 4 is 41.1 Å². The van der Waals surface area contributed by atoms with Crippen molar-refractivity contribution in [2.75, 3.05) is 11.9 Å². The summed E-state index contributed by atoms with van der Waals surface area (Å²) < 4.78 is 60.2. The molecule has 1 N–H and O–H groups in total. The topological polar surface area (TPSA) is 130 Å². The molecule has 54 heavy (non-hydrogen) atoms. The Morgan fingerprint density at radius 1 is 0.926 bits per heavy atom. The van der Waals surface area contributed by atoms with E-state index in [1.54, 1.807) is 6.07 Å². The van der Waals surface area contributed by atoms with Gasteiger partial charge in [-0.05, 0) is 74.4 Å². The van der Waals surface area contributed by atoms with Crippen LogP contribution >= 0.6 is 0 Å². The standard InChI is InChI=1S/C40H47F4N3O7/c1-26(40(42,43)44)46(24-27-13-15-30(41)16-14-27)36(51)25-47-37(52)39(54-38(47)53)22-21-29-23-31(17-19-33(29)39)45-35(50)20-18-32(48)11-5-3-2-4-6-12-34(49)28-9-7-8-10-28/h13-17,19,23,26,28H,2-12,18,20-22,24-25H2,1H3,(H,45,50)/t26-,39?/m0/s1. The number of fused-ring (bicyclic) bond motifs is 2. The summed E-state index contributed by atoms with van der Waals surface area (Å²) >= 11 is 0. The van der Waals surface area contributed by atoms with Crippen molar-refractivity contribution in [3.63, 3.8) is 0 Å². The largest absolute Gasteiger partial charge is 0.427 e. The monoisotopic (exact) mass is 757 g/mol. The maximum atomic E-state index is 13.8. The van der Waals surface area contributed by atoms with Gasteiger partial charge in [0.05, 0.1) is 0 Å². The smallest absolute Gasteiger partial charge is 0.418 e. The number of unbranched alkanes of at least 4 members (excludes halogenated alkanes) is 4. The Morgan fingerprint density at radius 3 is 2.28 bits per heavy atom. The highest BCUT2D eigenvalue weighted by Gasteiger charge is 2.58. The Morgan fingerprint density at radius 2 is 1.59 bits per heavy atom. The fourth-order valence-corrected chi connectivity index (χ4v) is 7.57. The van der Waals surface area contributed by atoms with Crippen molar-refractivity contribution in [3.05, 3.63) is 65.0 Å². The summed E-state index contributed by atoms with van der Waals surface area (Å²) in [6, 6.07) is 6.98. The SMILES string of the molecule is C[C@H](N(Cc1ccc(F)cc1)C(=O)CN1C(=O)OC2(CCc3cc(NC(=O)CCC(=O)CCCCCCCC(=O)C4CCCC4)ccc32)C1=O)C(F)(F)F. The zero-order valence-corrected chi connectivity index (χ0v) is 30.5. The highest BCUT2D eigenvalue weighted by atomic mass is 19.4. The fourth-order valence-electron chi connectivity index (χ4n) is 7.57. The third-order valence-electron chi connectivity index (χ3n) is 10.8. The van der Waals surface area contributed by atoms with Gasteiger partial charge in [0.25, 0.3) is 5.91 Å². The van der Waals surface area contributed by atoms with E-state index in [2.05, 4.69) is 5.32 Å². The molecule has 1 heterocycles. The highest BCUT2D eigenvalue weighted by molar-refractivity contribution is 6.06. The number of amides is 4. The van der Waals surface area contributed by atoms with Crippen molar-refractivity contribution < 1.29 is 51.1 Å². The molecule has 3 aliphatic rings. The molecule has 2 fully saturated rings. The van der Waals surface area contributed by atoms with Crippen molar-refractivity contribution in [3.8, 4) is 0 Å². The molecule has 0 radical (unpaired) electrons. The number of ketones is 2. The van der Waals surface area contributed by atoms with Gasteiger partial charge in [0.15, 0.2) is 0 Å². The number of alkyl halides is 3.